The zero-order chi connectivity index (χ0) is 18.6. The van der Waals surface area contributed by atoms with Crippen molar-refractivity contribution in [2.45, 2.75) is 58.0 Å². The lowest BCUT2D eigenvalue weighted by molar-refractivity contribution is -0.139. The number of nitrogens with one attached hydrogen (secondary N) is 2. The Kier molecular flexibility index (Phi) is 5.94. The number of aliphatic carboxylic acids is 1. The van der Waals surface area contributed by atoms with Crippen LogP contribution in [0.4, 0.5) is 10.5 Å². The highest BCUT2D eigenvalue weighted by atomic mass is 16.4. The van der Waals surface area contributed by atoms with Gasteiger partial charge in [0.05, 0.1) is 24.6 Å². The molecule has 3 N–H and O–H groups in total. The maximum Gasteiger partial charge on any atom is 0.319 e. The van der Waals surface area contributed by atoms with Crippen LogP contribution in [0.15, 0.2) is 12.4 Å². The van der Waals surface area contributed by atoms with Crippen molar-refractivity contribution >= 4 is 17.7 Å². The normalized spacial score (nSPS) is 20.0. The van der Waals surface area contributed by atoms with Gasteiger partial charge in [-0.1, -0.05) is 27.7 Å². The molecule has 1 aromatic rings. The van der Waals surface area contributed by atoms with Crippen LogP contribution in [0.5, 0.6) is 0 Å². The van der Waals surface area contributed by atoms with Gasteiger partial charge in [-0.15, -0.1) is 0 Å². The first kappa shape index (κ1) is 19.1. The van der Waals surface area contributed by atoms with Crippen LogP contribution in [0.2, 0.25) is 0 Å². The van der Waals surface area contributed by atoms with E-state index in [1.165, 1.54) is 0 Å². The van der Waals surface area contributed by atoms with Gasteiger partial charge in [0.25, 0.3) is 0 Å². The standard InChI is InChI=1S/C17H27N5O3/c1-5-22(10-14(23)24)13-6-11(7-13)20-16(25)21-12-8-18-15(19-9-12)17(2,3)4/h8-9,11,13H,5-7,10H2,1-4H3,(H,23,24)(H2,20,21,25). The maximum atomic E-state index is 12.0. The molecular weight excluding hydrogens is 322 g/mol. The minimum atomic E-state index is -0.824. The number of carbonyl (C=O) groups excluding carboxylic acids is 1. The number of likely N-dealkylation sites (N-methyl/N-ethyl adjacent to an activating group) is 1. The van der Waals surface area contributed by atoms with Crippen molar-refractivity contribution < 1.29 is 14.7 Å². The van der Waals surface area contributed by atoms with Gasteiger partial charge in [-0.25, -0.2) is 14.8 Å². The highest BCUT2D eigenvalue weighted by Crippen LogP contribution is 2.25. The lowest BCUT2D eigenvalue weighted by atomic mass is 9.85. The third-order valence-corrected chi connectivity index (χ3v) is 4.29. The third kappa shape index (κ3) is 5.38. The summed E-state index contributed by atoms with van der Waals surface area (Å²) >= 11 is 0. The zero-order valence-electron chi connectivity index (χ0n) is 15.2. The summed E-state index contributed by atoms with van der Waals surface area (Å²) in [6.07, 6.45) is 4.72. The summed E-state index contributed by atoms with van der Waals surface area (Å²) in [5.41, 5.74) is 0.408. The Morgan fingerprint density at radius 3 is 2.36 bits per heavy atom. The maximum absolute atomic E-state index is 12.0. The Bertz CT molecular complexity index is 606. The van der Waals surface area contributed by atoms with E-state index in [9.17, 15) is 9.59 Å². The van der Waals surface area contributed by atoms with Gasteiger partial charge in [-0.2, -0.15) is 0 Å². The van der Waals surface area contributed by atoms with E-state index in [-0.39, 0.29) is 30.1 Å². The molecule has 1 aromatic heterocycles. The molecule has 0 aliphatic heterocycles. The predicted molar refractivity (Wildman–Crippen MR) is 94.6 cm³/mol. The van der Waals surface area contributed by atoms with Crippen LogP contribution < -0.4 is 10.6 Å². The summed E-state index contributed by atoms with van der Waals surface area (Å²) in [6.45, 7) is 8.75. The monoisotopic (exact) mass is 349 g/mol. The number of nitrogens with zero attached hydrogens (tertiary/aromatic N) is 3. The van der Waals surface area contributed by atoms with Crippen LogP contribution >= 0.6 is 0 Å². The Balaban J connectivity index is 1.77. The molecule has 8 nitrogen and oxygen atoms in total. The molecule has 0 radical (unpaired) electrons. The molecule has 0 bridgehead atoms. The second-order valence-corrected chi connectivity index (χ2v) is 7.42. The summed E-state index contributed by atoms with van der Waals surface area (Å²) in [5, 5.41) is 14.5. The Hall–Kier alpha value is -2.22. The average Bonchev–Trinajstić information content (AvgIpc) is 2.48. The summed E-state index contributed by atoms with van der Waals surface area (Å²) < 4.78 is 0. The first-order valence-electron chi connectivity index (χ1n) is 8.55. The van der Waals surface area contributed by atoms with Gasteiger partial charge in [0.15, 0.2) is 0 Å². The second kappa shape index (κ2) is 7.77. The molecule has 0 saturated heterocycles. The minimum absolute atomic E-state index is 0.0392. The number of carboxylic acids is 1. The first-order valence-corrected chi connectivity index (χ1v) is 8.55. The molecule has 25 heavy (non-hydrogen) atoms. The van der Waals surface area contributed by atoms with E-state index in [2.05, 4.69) is 20.6 Å². The predicted octanol–water partition coefficient (Wildman–Crippen LogP) is 1.83. The van der Waals surface area contributed by atoms with Crippen molar-refractivity contribution in [1.29, 1.82) is 0 Å². The van der Waals surface area contributed by atoms with Crippen molar-refractivity contribution in [2.75, 3.05) is 18.4 Å². The molecule has 1 fully saturated rings. The zero-order valence-corrected chi connectivity index (χ0v) is 15.2. The van der Waals surface area contributed by atoms with Crippen LogP contribution in [-0.4, -0.2) is 57.1 Å². The number of rotatable bonds is 6. The highest BCUT2D eigenvalue weighted by Gasteiger charge is 2.34. The van der Waals surface area contributed by atoms with E-state index >= 15 is 0 Å². The van der Waals surface area contributed by atoms with Crippen LogP contribution in [-0.2, 0) is 10.2 Å². The first-order chi connectivity index (χ1) is 11.7. The summed E-state index contributed by atoms with van der Waals surface area (Å²) in [6, 6.07) is -0.0275. The molecule has 2 amide bonds. The third-order valence-electron chi connectivity index (χ3n) is 4.29. The topological polar surface area (TPSA) is 107 Å². The van der Waals surface area contributed by atoms with Gasteiger partial charge < -0.3 is 15.7 Å². The fourth-order valence-corrected chi connectivity index (χ4v) is 2.81. The smallest absolute Gasteiger partial charge is 0.319 e. The number of carbonyl (C=O) groups is 2. The van der Waals surface area contributed by atoms with Crippen molar-refractivity contribution in [3.63, 3.8) is 0 Å². The van der Waals surface area contributed by atoms with Gasteiger partial charge in [0.1, 0.15) is 5.82 Å². The number of urea groups is 1. The highest BCUT2D eigenvalue weighted by molar-refractivity contribution is 5.89. The Morgan fingerprint density at radius 1 is 1.28 bits per heavy atom. The number of anilines is 1. The fourth-order valence-electron chi connectivity index (χ4n) is 2.81. The molecule has 1 saturated carbocycles. The van der Waals surface area contributed by atoms with Crippen LogP contribution in [0.1, 0.15) is 46.4 Å². The minimum Gasteiger partial charge on any atom is -0.480 e. The summed E-state index contributed by atoms with van der Waals surface area (Å²) in [7, 11) is 0. The van der Waals surface area contributed by atoms with Crippen LogP contribution in [0, 0.1) is 0 Å². The number of amides is 2. The van der Waals surface area contributed by atoms with Crippen molar-refractivity contribution in [1.82, 2.24) is 20.2 Å². The molecular formula is C17H27N5O3. The van der Waals surface area contributed by atoms with Crippen molar-refractivity contribution in [2.24, 2.45) is 0 Å². The van der Waals surface area contributed by atoms with Crippen LogP contribution in [0.25, 0.3) is 0 Å². The second-order valence-electron chi connectivity index (χ2n) is 7.42. The van der Waals surface area contributed by atoms with Crippen LogP contribution in [0.3, 0.4) is 0 Å². The molecule has 138 valence electrons. The lowest BCUT2D eigenvalue weighted by Crippen LogP contribution is -2.55. The SMILES string of the molecule is CCN(CC(=O)O)C1CC(NC(=O)Nc2cnc(C(C)(C)C)nc2)C1. The molecule has 0 aromatic carbocycles. The summed E-state index contributed by atoms with van der Waals surface area (Å²) in [5.74, 6) is -0.104. The molecule has 0 spiro atoms. The molecule has 1 aliphatic rings. The molecule has 1 heterocycles. The number of hydrogen-bond donors (Lipinski definition) is 3. The van der Waals surface area contributed by atoms with E-state index in [4.69, 9.17) is 5.11 Å². The number of hydrogen-bond acceptors (Lipinski definition) is 5. The van der Waals surface area contributed by atoms with E-state index < -0.39 is 5.97 Å². The van der Waals surface area contributed by atoms with E-state index in [0.29, 0.717) is 12.2 Å². The molecule has 0 atom stereocenters. The van der Waals surface area contributed by atoms with Crippen molar-refractivity contribution in [3.8, 4) is 0 Å². The molecule has 1 aliphatic carbocycles. The quantitative estimate of drug-likeness (QED) is 0.723. The van der Waals surface area contributed by atoms with Crippen molar-refractivity contribution in [3.05, 3.63) is 18.2 Å². The molecule has 2 rings (SSSR count). The summed E-state index contributed by atoms with van der Waals surface area (Å²) in [4.78, 5) is 33.3. The van der Waals surface area contributed by atoms with Gasteiger partial charge in [-0.05, 0) is 19.4 Å². The Morgan fingerprint density at radius 2 is 1.88 bits per heavy atom. The van der Waals surface area contributed by atoms with Gasteiger partial charge in [-0.3, -0.25) is 9.69 Å². The van der Waals surface area contributed by atoms with E-state index in [0.717, 1.165) is 18.7 Å². The van der Waals surface area contributed by atoms with E-state index in [1.807, 2.05) is 32.6 Å². The van der Waals surface area contributed by atoms with Gasteiger partial charge in [0, 0.05) is 17.5 Å². The number of aromatic nitrogens is 2. The Labute approximate surface area is 148 Å². The van der Waals surface area contributed by atoms with Gasteiger partial charge >= 0.3 is 12.0 Å². The van der Waals surface area contributed by atoms with E-state index in [1.54, 1.807) is 12.4 Å². The largest absolute Gasteiger partial charge is 0.480 e. The number of carboxylic acid groups (broad SMARTS) is 1. The fraction of sp³-hybridized carbons (Fsp3) is 0.647. The lowest BCUT2D eigenvalue weighted by Gasteiger charge is -2.42. The molecule has 8 heteroatoms. The molecule has 0 unspecified atom stereocenters. The average molecular weight is 349 g/mol. The van der Waals surface area contributed by atoms with Gasteiger partial charge in [0.2, 0.25) is 0 Å².